The zero-order chi connectivity index (χ0) is 23.3. The molecule has 3 rings (SSSR count). The van der Waals surface area contributed by atoms with Gasteiger partial charge in [0.15, 0.2) is 0 Å². The van der Waals surface area contributed by atoms with E-state index in [1.165, 1.54) is 0 Å². The molecule has 0 fully saturated rings. The average Bonchev–Trinajstić information content (AvgIpc) is 2.80. The van der Waals surface area contributed by atoms with Crippen LogP contribution < -0.4 is 15.9 Å². The van der Waals surface area contributed by atoms with Crippen molar-refractivity contribution in [2.45, 2.75) is 37.8 Å². The first-order valence-electron chi connectivity index (χ1n) is 10.4. The predicted molar refractivity (Wildman–Crippen MR) is 134 cm³/mol. The molecule has 0 amide bonds. The fourth-order valence-corrected chi connectivity index (χ4v) is 12.9. The van der Waals surface area contributed by atoms with Gasteiger partial charge in [-0.25, -0.2) is 0 Å². The second-order valence-electron chi connectivity index (χ2n) is 7.93. The molecule has 0 saturated carbocycles. The Balaban J connectivity index is 1.97. The summed E-state index contributed by atoms with van der Waals surface area (Å²) in [4.78, 5) is 0. The predicted octanol–water partition coefficient (Wildman–Crippen LogP) is 7.62. The molecule has 0 spiro atoms. The van der Waals surface area contributed by atoms with E-state index in [4.69, 9.17) is 0 Å². The van der Waals surface area contributed by atoms with Crippen LogP contribution in [0.5, 0.6) is 0 Å². The maximum atomic E-state index is 13.3. The van der Waals surface area contributed by atoms with Crippen LogP contribution in [0.15, 0.2) is 91.0 Å². The Morgan fingerprint density at radius 3 is 1.28 bits per heavy atom. The topological polar surface area (TPSA) is 0 Å². The van der Waals surface area contributed by atoms with Gasteiger partial charge in [-0.3, -0.25) is 0 Å². The number of halogens is 6. The van der Waals surface area contributed by atoms with Gasteiger partial charge >= 0.3 is 199 Å². The van der Waals surface area contributed by atoms with E-state index in [1.807, 2.05) is 54.6 Å². The van der Waals surface area contributed by atoms with Crippen molar-refractivity contribution in [2.75, 3.05) is 6.16 Å². The van der Waals surface area contributed by atoms with Gasteiger partial charge in [0.1, 0.15) is 0 Å². The van der Waals surface area contributed by atoms with Gasteiger partial charge in [-0.1, -0.05) is 0 Å². The SMILES string of the molecule is FC(F)(F)C(F)(F)CCCCCP(I)(c1ccccc1)(c1ccccc1)c1ccccc1. The van der Waals surface area contributed by atoms with Crippen LogP contribution >= 0.6 is 26.3 Å². The molecule has 0 aliphatic carbocycles. The van der Waals surface area contributed by atoms with E-state index in [-0.39, 0.29) is 6.42 Å². The van der Waals surface area contributed by atoms with Gasteiger partial charge in [0, 0.05) is 0 Å². The molecule has 0 saturated heterocycles. The molecule has 0 N–H and O–H groups in total. The molecule has 32 heavy (non-hydrogen) atoms. The van der Waals surface area contributed by atoms with Crippen LogP contribution in [-0.4, -0.2) is 18.3 Å². The van der Waals surface area contributed by atoms with Crippen molar-refractivity contribution in [3.63, 3.8) is 0 Å². The summed E-state index contributed by atoms with van der Waals surface area (Å²) in [6.07, 6.45) is -5.30. The maximum absolute atomic E-state index is 13.3. The second kappa shape index (κ2) is 9.76. The molecule has 0 aliphatic rings. The van der Waals surface area contributed by atoms with Gasteiger partial charge in [-0.2, -0.15) is 0 Å². The summed E-state index contributed by atoms with van der Waals surface area (Å²) >= 11 is 2.59. The van der Waals surface area contributed by atoms with E-state index in [0.717, 1.165) is 15.9 Å². The van der Waals surface area contributed by atoms with E-state index >= 15 is 0 Å². The van der Waals surface area contributed by atoms with Gasteiger partial charge < -0.3 is 0 Å². The van der Waals surface area contributed by atoms with Gasteiger partial charge in [-0.05, 0) is 0 Å². The quantitative estimate of drug-likeness (QED) is 0.106. The van der Waals surface area contributed by atoms with Crippen LogP contribution in [0.2, 0.25) is 0 Å². The van der Waals surface area contributed by atoms with Gasteiger partial charge in [0.2, 0.25) is 0 Å². The van der Waals surface area contributed by atoms with Gasteiger partial charge in [-0.15, -0.1) is 0 Å². The molecular formula is C25H25F5IP. The Kier molecular flexibility index (Phi) is 7.66. The standard InChI is InChI=1S/C25H25F5IP/c26-24(27,25(28,29)30)19-11-4-12-20-32(31,21-13-5-1-6-14-21,22-15-7-2-8-16-22)23-17-9-3-10-18-23/h1-3,5-10,13-18H,4,11-12,19-20H2. The molecule has 0 radical (unpaired) electrons. The van der Waals surface area contributed by atoms with E-state index in [9.17, 15) is 22.0 Å². The summed E-state index contributed by atoms with van der Waals surface area (Å²) in [5.74, 6) is -4.64. The molecule has 0 aliphatic heterocycles. The Hall–Kier alpha value is -1.53. The number of rotatable bonds is 9. The first-order valence-corrected chi connectivity index (χ1v) is 15.6. The van der Waals surface area contributed by atoms with Crippen molar-refractivity contribution >= 4 is 42.2 Å². The summed E-state index contributed by atoms with van der Waals surface area (Å²) in [7, 11) is 0. The Labute approximate surface area is 198 Å². The number of hydrogen-bond donors (Lipinski definition) is 0. The Morgan fingerprint density at radius 2 is 0.938 bits per heavy atom. The van der Waals surface area contributed by atoms with Crippen LogP contribution in [0.3, 0.4) is 0 Å². The molecule has 0 aromatic heterocycles. The fraction of sp³-hybridized carbons (Fsp3) is 0.280. The van der Waals surface area contributed by atoms with Crippen LogP contribution in [0, 0.1) is 0 Å². The minimum atomic E-state index is -5.49. The van der Waals surface area contributed by atoms with Crippen LogP contribution in [0.1, 0.15) is 25.7 Å². The third-order valence-corrected chi connectivity index (χ3v) is 17.6. The first kappa shape index (κ1) is 25.1. The van der Waals surface area contributed by atoms with E-state index < -0.39 is 22.8 Å². The van der Waals surface area contributed by atoms with E-state index in [2.05, 4.69) is 58.4 Å². The summed E-state index contributed by atoms with van der Waals surface area (Å²) < 4.78 is 61.2. The summed E-state index contributed by atoms with van der Waals surface area (Å²) in [6.45, 7) is 0. The molecule has 0 heterocycles. The average molecular weight is 578 g/mol. The number of alkyl halides is 5. The molecule has 0 unspecified atom stereocenters. The minimum absolute atomic E-state index is 0.173. The number of unbranched alkanes of at least 4 members (excludes halogenated alkanes) is 2. The van der Waals surface area contributed by atoms with Crippen LogP contribution in [-0.2, 0) is 0 Å². The number of benzene rings is 3. The molecule has 3 aromatic rings. The summed E-state index contributed by atoms with van der Waals surface area (Å²) in [5, 5.41) is 3.49. The fourth-order valence-electron chi connectivity index (χ4n) is 4.13. The van der Waals surface area contributed by atoms with Gasteiger partial charge in [0.25, 0.3) is 0 Å². The van der Waals surface area contributed by atoms with Crippen molar-refractivity contribution in [2.24, 2.45) is 0 Å². The van der Waals surface area contributed by atoms with E-state index in [1.54, 1.807) is 0 Å². The first-order chi connectivity index (χ1) is 15.1. The van der Waals surface area contributed by atoms with Crippen molar-refractivity contribution < 1.29 is 22.0 Å². The van der Waals surface area contributed by atoms with E-state index in [0.29, 0.717) is 19.0 Å². The molecule has 0 bridgehead atoms. The monoisotopic (exact) mass is 578 g/mol. The Bertz CT molecular complexity index is 892. The molecule has 0 atom stereocenters. The normalized spacial score (nSPS) is 14.0. The van der Waals surface area contributed by atoms with Crippen LogP contribution in [0.4, 0.5) is 22.0 Å². The second-order valence-corrected chi connectivity index (χ2v) is 18.7. The zero-order valence-corrected chi connectivity index (χ0v) is 20.5. The van der Waals surface area contributed by atoms with Gasteiger partial charge in [0.05, 0.1) is 0 Å². The third kappa shape index (κ3) is 4.86. The van der Waals surface area contributed by atoms with Crippen LogP contribution in [0.25, 0.3) is 0 Å². The van der Waals surface area contributed by atoms with Crippen molar-refractivity contribution in [1.29, 1.82) is 0 Å². The summed E-state index contributed by atoms with van der Waals surface area (Å²) in [6, 6.07) is 30.4. The zero-order valence-electron chi connectivity index (χ0n) is 17.4. The molecule has 172 valence electrons. The van der Waals surface area contributed by atoms with Crippen molar-refractivity contribution in [1.82, 2.24) is 0 Å². The van der Waals surface area contributed by atoms with Crippen molar-refractivity contribution in [3.05, 3.63) is 91.0 Å². The number of hydrogen-bond acceptors (Lipinski definition) is 0. The summed E-state index contributed by atoms with van der Waals surface area (Å²) in [5.41, 5.74) is 0. The Morgan fingerprint density at radius 1 is 0.562 bits per heavy atom. The van der Waals surface area contributed by atoms with Crippen molar-refractivity contribution in [3.8, 4) is 0 Å². The molecule has 0 nitrogen and oxygen atoms in total. The molecule has 3 aromatic carbocycles. The third-order valence-electron chi connectivity index (χ3n) is 5.87. The molecular weight excluding hydrogens is 553 g/mol. The molecule has 7 heteroatoms.